The second-order valence-electron chi connectivity index (χ2n) is 6.13. The molecule has 0 radical (unpaired) electrons. The van der Waals surface area contributed by atoms with Crippen molar-refractivity contribution in [2.75, 3.05) is 5.32 Å². The largest absolute Gasteiger partial charge is 0.453 e. The van der Waals surface area contributed by atoms with Crippen LogP contribution in [0.5, 0.6) is 0 Å². The molecule has 10 heteroatoms. The number of fused-ring (bicyclic) bond motifs is 1. The summed E-state index contributed by atoms with van der Waals surface area (Å²) in [7, 11) is 0. The fraction of sp³-hybridized carbons (Fsp3) is 0.333. The van der Waals surface area contributed by atoms with Gasteiger partial charge in [-0.05, 0) is 44.2 Å². The number of hydrogen-bond donors (Lipinski definition) is 1. The maximum Gasteiger partial charge on any atom is 0.306 e. The number of nitrogens with one attached hydrogen (secondary N) is 1. The summed E-state index contributed by atoms with van der Waals surface area (Å²) in [6, 6.07) is 3.60. The summed E-state index contributed by atoms with van der Waals surface area (Å²) in [5.41, 5.74) is 2.90. The highest BCUT2D eigenvalue weighted by Crippen LogP contribution is 2.22. The molecule has 144 valence electrons. The standard InChI is InChI=1S/C18H18N6O3S/c1-10-14(11(2)24-18(22-10)20-9-21-24)4-5-15(25)27-12(3)16(26)23-17-13(8-19)6-7-28-17/h6-7,9,12H,4-5H2,1-3H3,(H,23,26)/t12-/m1/s1. The minimum absolute atomic E-state index is 0.101. The summed E-state index contributed by atoms with van der Waals surface area (Å²) in [6.07, 6.45) is 0.971. The van der Waals surface area contributed by atoms with E-state index in [4.69, 9.17) is 10.00 Å². The van der Waals surface area contributed by atoms with Crippen molar-refractivity contribution in [1.82, 2.24) is 19.6 Å². The van der Waals surface area contributed by atoms with Gasteiger partial charge in [0.15, 0.2) is 6.10 Å². The highest BCUT2D eigenvalue weighted by atomic mass is 32.1. The third-order valence-corrected chi connectivity index (χ3v) is 5.10. The lowest BCUT2D eigenvalue weighted by molar-refractivity contribution is -0.153. The van der Waals surface area contributed by atoms with Gasteiger partial charge in [-0.3, -0.25) is 9.59 Å². The quantitative estimate of drug-likeness (QED) is 0.631. The summed E-state index contributed by atoms with van der Waals surface area (Å²) >= 11 is 1.24. The molecule has 0 fully saturated rings. The lowest BCUT2D eigenvalue weighted by atomic mass is 10.1. The first-order valence-electron chi connectivity index (χ1n) is 8.54. The first-order valence-corrected chi connectivity index (χ1v) is 9.42. The van der Waals surface area contributed by atoms with E-state index in [0.29, 0.717) is 22.8 Å². The van der Waals surface area contributed by atoms with E-state index in [1.807, 2.05) is 19.9 Å². The van der Waals surface area contributed by atoms with E-state index < -0.39 is 18.0 Å². The van der Waals surface area contributed by atoms with Gasteiger partial charge in [-0.2, -0.15) is 15.3 Å². The van der Waals surface area contributed by atoms with Crippen LogP contribution < -0.4 is 5.32 Å². The zero-order valence-corrected chi connectivity index (χ0v) is 16.4. The van der Waals surface area contributed by atoms with Gasteiger partial charge in [0.25, 0.3) is 11.7 Å². The van der Waals surface area contributed by atoms with Crippen molar-refractivity contribution in [2.45, 2.75) is 39.7 Å². The van der Waals surface area contributed by atoms with Gasteiger partial charge in [0.2, 0.25) is 0 Å². The van der Waals surface area contributed by atoms with Crippen LogP contribution in [0.1, 0.15) is 35.9 Å². The SMILES string of the molecule is Cc1nc2ncnn2c(C)c1CCC(=O)O[C@H](C)C(=O)Nc1sccc1C#N. The monoisotopic (exact) mass is 398 g/mol. The zero-order chi connectivity index (χ0) is 20.3. The topological polar surface area (TPSA) is 122 Å². The Hall–Kier alpha value is -3.32. The summed E-state index contributed by atoms with van der Waals surface area (Å²) in [6.45, 7) is 5.24. The maximum absolute atomic E-state index is 12.2. The molecule has 0 bridgehead atoms. The van der Waals surface area contributed by atoms with Crippen LogP contribution in [0.4, 0.5) is 5.00 Å². The van der Waals surface area contributed by atoms with Crippen molar-refractivity contribution in [3.8, 4) is 6.07 Å². The molecule has 3 heterocycles. The van der Waals surface area contributed by atoms with Gasteiger partial charge in [0.1, 0.15) is 17.4 Å². The van der Waals surface area contributed by atoms with Crippen molar-refractivity contribution in [2.24, 2.45) is 0 Å². The third kappa shape index (κ3) is 3.99. The van der Waals surface area contributed by atoms with Crippen molar-refractivity contribution in [1.29, 1.82) is 5.26 Å². The van der Waals surface area contributed by atoms with E-state index in [-0.39, 0.29) is 6.42 Å². The van der Waals surface area contributed by atoms with Crippen LogP contribution in [-0.2, 0) is 20.7 Å². The molecule has 1 amide bonds. The van der Waals surface area contributed by atoms with Gasteiger partial charge < -0.3 is 10.1 Å². The predicted octanol–water partition coefficient (Wildman–Crippen LogP) is 2.18. The van der Waals surface area contributed by atoms with Gasteiger partial charge in [-0.1, -0.05) is 0 Å². The summed E-state index contributed by atoms with van der Waals surface area (Å²) < 4.78 is 6.85. The minimum atomic E-state index is -0.973. The first kappa shape index (κ1) is 19.4. The second kappa shape index (κ2) is 8.14. The number of aromatic nitrogens is 4. The fourth-order valence-corrected chi connectivity index (χ4v) is 3.50. The lowest BCUT2D eigenvalue weighted by Crippen LogP contribution is -2.30. The second-order valence-corrected chi connectivity index (χ2v) is 7.05. The summed E-state index contributed by atoms with van der Waals surface area (Å²) in [5, 5.41) is 17.9. The molecular weight excluding hydrogens is 380 g/mol. The Morgan fingerprint density at radius 1 is 1.43 bits per heavy atom. The van der Waals surface area contributed by atoms with Crippen molar-refractivity contribution >= 4 is 34.0 Å². The number of carbonyl (C=O) groups excluding carboxylic acids is 2. The smallest absolute Gasteiger partial charge is 0.306 e. The number of nitriles is 1. The van der Waals surface area contributed by atoms with Crippen LogP contribution >= 0.6 is 11.3 Å². The number of thiophene rings is 1. The highest BCUT2D eigenvalue weighted by Gasteiger charge is 2.20. The number of anilines is 1. The molecule has 28 heavy (non-hydrogen) atoms. The maximum atomic E-state index is 12.2. The molecular formula is C18H18N6O3S. The van der Waals surface area contributed by atoms with E-state index in [1.165, 1.54) is 24.6 Å². The van der Waals surface area contributed by atoms with Gasteiger partial charge >= 0.3 is 5.97 Å². The van der Waals surface area contributed by atoms with E-state index >= 15 is 0 Å². The average molecular weight is 398 g/mol. The number of amides is 1. The van der Waals surface area contributed by atoms with E-state index in [1.54, 1.807) is 16.0 Å². The molecule has 3 rings (SSSR count). The van der Waals surface area contributed by atoms with E-state index in [0.717, 1.165) is 17.0 Å². The Morgan fingerprint density at radius 3 is 2.96 bits per heavy atom. The Kier molecular flexibility index (Phi) is 5.65. The molecule has 0 saturated heterocycles. The number of carbonyl (C=O) groups is 2. The van der Waals surface area contributed by atoms with Gasteiger partial charge in [-0.15, -0.1) is 11.3 Å². The minimum Gasteiger partial charge on any atom is -0.453 e. The molecule has 0 saturated carbocycles. The lowest BCUT2D eigenvalue weighted by Gasteiger charge is -2.14. The molecule has 3 aromatic rings. The van der Waals surface area contributed by atoms with E-state index in [2.05, 4.69) is 20.4 Å². The molecule has 0 aliphatic rings. The normalized spacial score (nSPS) is 11.8. The highest BCUT2D eigenvalue weighted by molar-refractivity contribution is 7.14. The van der Waals surface area contributed by atoms with Crippen LogP contribution in [-0.4, -0.2) is 37.6 Å². The van der Waals surface area contributed by atoms with Crippen LogP contribution in [0.2, 0.25) is 0 Å². The Labute approximate surface area is 165 Å². The number of ether oxygens (including phenoxy) is 1. The van der Waals surface area contributed by atoms with Crippen molar-refractivity contribution in [3.63, 3.8) is 0 Å². The van der Waals surface area contributed by atoms with Crippen molar-refractivity contribution < 1.29 is 14.3 Å². The zero-order valence-electron chi connectivity index (χ0n) is 15.6. The molecule has 0 aliphatic carbocycles. The molecule has 0 unspecified atom stereocenters. The van der Waals surface area contributed by atoms with Gasteiger partial charge in [0.05, 0.1) is 5.56 Å². The number of nitrogens with zero attached hydrogens (tertiary/aromatic N) is 5. The third-order valence-electron chi connectivity index (χ3n) is 4.27. The van der Waals surface area contributed by atoms with Crippen LogP contribution in [0.25, 0.3) is 5.78 Å². The van der Waals surface area contributed by atoms with Crippen molar-refractivity contribution in [3.05, 3.63) is 40.3 Å². The molecule has 0 aromatic carbocycles. The summed E-state index contributed by atoms with van der Waals surface area (Å²) in [5.74, 6) is -0.464. The number of esters is 1. The average Bonchev–Trinajstić information content (AvgIpc) is 3.30. The molecule has 1 N–H and O–H groups in total. The van der Waals surface area contributed by atoms with Gasteiger partial charge in [-0.25, -0.2) is 9.50 Å². The Morgan fingerprint density at radius 2 is 2.21 bits per heavy atom. The van der Waals surface area contributed by atoms with Crippen LogP contribution in [0, 0.1) is 25.2 Å². The number of aryl methyl sites for hydroxylation is 2. The predicted molar refractivity (Wildman–Crippen MR) is 102 cm³/mol. The Balaban J connectivity index is 1.58. The molecule has 3 aromatic heterocycles. The summed E-state index contributed by atoms with van der Waals surface area (Å²) in [4.78, 5) is 32.8. The fourth-order valence-electron chi connectivity index (χ4n) is 2.76. The number of hydrogen-bond acceptors (Lipinski definition) is 8. The first-order chi connectivity index (χ1) is 13.4. The molecule has 0 aliphatic heterocycles. The van der Waals surface area contributed by atoms with Crippen LogP contribution in [0.15, 0.2) is 17.8 Å². The molecule has 1 atom stereocenters. The Bertz CT molecular complexity index is 1080. The molecule has 0 spiro atoms. The van der Waals surface area contributed by atoms with Gasteiger partial charge in [0, 0.05) is 17.8 Å². The van der Waals surface area contributed by atoms with E-state index in [9.17, 15) is 9.59 Å². The number of rotatable bonds is 6. The molecule has 9 nitrogen and oxygen atoms in total. The van der Waals surface area contributed by atoms with Crippen LogP contribution in [0.3, 0.4) is 0 Å².